The highest BCUT2D eigenvalue weighted by molar-refractivity contribution is 6.03. The average Bonchev–Trinajstić information content (AvgIpc) is 3.33. The Morgan fingerprint density at radius 3 is 2.55 bits per heavy atom. The molecule has 0 bridgehead atoms. The summed E-state index contributed by atoms with van der Waals surface area (Å²) in [5.41, 5.74) is 2.41. The van der Waals surface area contributed by atoms with Crippen molar-refractivity contribution in [2.45, 2.75) is 31.9 Å². The standard InChI is InChI=1S/C23H24F3N3O2/c1-28(2)17-8-9-20(19(12-17)23(24,25)26)27-22(31)16-11-21(30)29(13-16)18-7-6-14-4-3-5-15(14)10-18/h6-10,12,16H,3-5,11,13H2,1-2H3,(H,27,31). The van der Waals surface area contributed by atoms with Crippen LogP contribution in [-0.4, -0.2) is 32.5 Å². The Balaban J connectivity index is 1.51. The summed E-state index contributed by atoms with van der Waals surface area (Å²) in [5, 5.41) is 2.40. The van der Waals surface area contributed by atoms with Gasteiger partial charge in [0, 0.05) is 38.4 Å². The Morgan fingerprint density at radius 1 is 1.10 bits per heavy atom. The zero-order valence-electron chi connectivity index (χ0n) is 17.4. The van der Waals surface area contributed by atoms with E-state index in [4.69, 9.17) is 0 Å². The van der Waals surface area contributed by atoms with Gasteiger partial charge in [-0.15, -0.1) is 0 Å². The molecular formula is C23H24F3N3O2. The molecule has 8 heteroatoms. The fraction of sp³-hybridized carbons (Fsp3) is 0.391. The number of carbonyl (C=O) groups is 2. The van der Waals surface area contributed by atoms with Gasteiger partial charge in [-0.1, -0.05) is 6.07 Å². The lowest BCUT2D eigenvalue weighted by molar-refractivity contribution is -0.137. The van der Waals surface area contributed by atoms with E-state index in [2.05, 4.69) is 5.32 Å². The van der Waals surface area contributed by atoms with Crippen LogP contribution in [0.25, 0.3) is 0 Å². The molecule has 1 aliphatic carbocycles. The van der Waals surface area contributed by atoms with Crippen molar-refractivity contribution >= 4 is 28.9 Å². The van der Waals surface area contributed by atoms with Crippen molar-refractivity contribution in [1.82, 2.24) is 0 Å². The second-order valence-corrected chi connectivity index (χ2v) is 8.32. The topological polar surface area (TPSA) is 52.7 Å². The SMILES string of the molecule is CN(C)c1ccc(NC(=O)C2CC(=O)N(c3ccc4c(c3)CCC4)C2)c(C(F)(F)F)c1. The average molecular weight is 431 g/mol. The third-order valence-corrected chi connectivity index (χ3v) is 5.97. The van der Waals surface area contributed by atoms with E-state index in [1.54, 1.807) is 23.9 Å². The van der Waals surface area contributed by atoms with Crippen LogP contribution in [-0.2, 0) is 28.6 Å². The molecule has 0 saturated carbocycles. The largest absolute Gasteiger partial charge is 0.418 e. The Hall–Kier alpha value is -3.03. The van der Waals surface area contributed by atoms with Crippen molar-refractivity contribution in [2.24, 2.45) is 5.92 Å². The summed E-state index contributed by atoms with van der Waals surface area (Å²) < 4.78 is 40.6. The van der Waals surface area contributed by atoms with Gasteiger partial charge in [0.05, 0.1) is 17.2 Å². The fourth-order valence-corrected chi connectivity index (χ4v) is 4.25. The number of carbonyl (C=O) groups excluding carboxylic acids is 2. The van der Waals surface area contributed by atoms with Crippen molar-refractivity contribution in [1.29, 1.82) is 0 Å². The zero-order chi connectivity index (χ0) is 22.3. The second-order valence-electron chi connectivity index (χ2n) is 8.32. The summed E-state index contributed by atoms with van der Waals surface area (Å²) in [7, 11) is 3.29. The van der Waals surface area contributed by atoms with Crippen LogP contribution in [0.4, 0.5) is 30.2 Å². The molecule has 2 aromatic carbocycles. The van der Waals surface area contributed by atoms with Gasteiger partial charge in [-0.3, -0.25) is 9.59 Å². The predicted octanol–water partition coefficient (Wildman–Crippen LogP) is 4.25. The first kappa shape index (κ1) is 21.2. The number of anilines is 3. The van der Waals surface area contributed by atoms with Gasteiger partial charge in [0.2, 0.25) is 11.8 Å². The maximum atomic E-state index is 13.5. The van der Waals surface area contributed by atoms with E-state index in [0.29, 0.717) is 5.69 Å². The predicted molar refractivity (Wildman–Crippen MR) is 113 cm³/mol. The molecular weight excluding hydrogens is 407 g/mol. The number of hydrogen-bond donors (Lipinski definition) is 1. The van der Waals surface area contributed by atoms with Crippen molar-refractivity contribution in [3.63, 3.8) is 0 Å². The summed E-state index contributed by atoms with van der Waals surface area (Å²) >= 11 is 0. The summed E-state index contributed by atoms with van der Waals surface area (Å²) in [4.78, 5) is 28.4. The normalized spacial score (nSPS) is 18.3. The third kappa shape index (κ3) is 4.24. The molecule has 1 saturated heterocycles. The van der Waals surface area contributed by atoms with E-state index in [1.807, 2.05) is 18.2 Å². The van der Waals surface area contributed by atoms with Crippen LogP contribution in [0.3, 0.4) is 0 Å². The van der Waals surface area contributed by atoms with E-state index >= 15 is 0 Å². The number of aryl methyl sites for hydroxylation is 2. The molecule has 1 atom stereocenters. The Morgan fingerprint density at radius 2 is 1.84 bits per heavy atom. The molecule has 1 aliphatic heterocycles. The van der Waals surface area contributed by atoms with Crippen LogP contribution in [0, 0.1) is 5.92 Å². The van der Waals surface area contributed by atoms with Gasteiger partial charge < -0.3 is 15.1 Å². The van der Waals surface area contributed by atoms with Crippen molar-refractivity contribution < 1.29 is 22.8 Å². The molecule has 1 heterocycles. The summed E-state index contributed by atoms with van der Waals surface area (Å²) in [5.74, 6) is -1.49. The molecule has 1 N–H and O–H groups in total. The smallest absolute Gasteiger partial charge is 0.378 e. The van der Waals surface area contributed by atoms with Gasteiger partial charge in [0.15, 0.2) is 0 Å². The lowest BCUT2D eigenvalue weighted by atomic mass is 10.1. The van der Waals surface area contributed by atoms with E-state index in [0.717, 1.165) is 31.0 Å². The Bertz CT molecular complexity index is 1030. The van der Waals surface area contributed by atoms with E-state index < -0.39 is 23.6 Å². The monoisotopic (exact) mass is 431 g/mol. The van der Waals surface area contributed by atoms with Gasteiger partial charge in [-0.2, -0.15) is 13.2 Å². The molecule has 164 valence electrons. The molecule has 5 nitrogen and oxygen atoms in total. The molecule has 0 radical (unpaired) electrons. The molecule has 1 unspecified atom stereocenters. The highest BCUT2D eigenvalue weighted by atomic mass is 19.4. The van der Waals surface area contributed by atoms with Crippen LogP contribution < -0.4 is 15.1 Å². The van der Waals surface area contributed by atoms with E-state index in [1.165, 1.54) is 23.3 Å². The number of nitrogens with zero attached hydrogens (tertiary/aromatic N) is 2. The maximum Gasteiger partial charge on any atom is 0.418 e. The number of rotatable bonds is 4. The third-order valence-electron chi connectivity index (χ3n) is 5.97. The zero-order valence-corrected chi connectivity index (χ0v) is 17.4. The van der Waals surface area contributed by atoms with E-state index in [9.17, 15) is 22.8 Å². The lowest BCUT2D eigenvalue weighted by Gasteiger charge is -2.20. The van der Waals surface area contributed by atoms with Gasteiger partial charge in [-0.05, 0) is 60.7 Å². The van der Waals surface area contributed by atoms with Gasteiger partial charge >= 0.3 is 6.18 Å². The van der Waals surface area contributed by atoms with Crippen LogP contribution in [0.5, 0.6) is 0 Å². The number of alkyl halides is 3. The molecule has 0 aromatic heterocycles. The number of hydrogen-bond acceptors (Lipinski definition) is 3. The van der Waals surface area contributed by atoms with Crippen molar-refractivity contribution in [3.05, 3.63) is 53.1 Å². The van der Waals surface area contributed by atoms with Crippen molar-refractivity contribution in [3.8, 4) is 0 Å². The fourth-order valence-electron chi connectivity index (χ4n) is 4.25. The summed E-state index contributed by atoms with van der Waals surface area (Å²) in [6.07, 6.45) is -1.55. The molecule has 31 heavy (non-hydrogen) atoms. The quantitative estimate of drug-likeness (QED) is 0.788. The highest BCUT2D eigenvalue weighted by Gasteiger charge is 2.38. The van der Waals surface area contributed by atoms with Crippen LogP contribution in [0.15, 0.2) is 36.4 Å². The molecule has 2 amide bonds. The molecule has 1 fully saturated rings. The lowest BCUT2D eigenvalue weighted by Crippen LogP contribution is -2.28. The van der Waals surface area contributed by atoms with Crippen LogP contribution in [0.2, 0.25) is 0 Å². The number of halogens is 3. The molecule has 4 rings (SSSR count). The first-order valence-corrected chi connectivity index (χ1v) is 10.2. The molecule has 2 aliphatic rings. The minimum Gasteiger partial charge on any atom is -0.378 e. The van der Waals surface area contributed by atoms with Crippen LogP contribution >= 0.6 is 0 Å². The van der Waals surface area contributed by atoms with Crippen LogP contribution in [0.1, 0.15) is 29.5 Å². The number of nitrogens with one attached hydrogen (secondary N) is 1. The first-order chi connectivity index (χ1) is 14.6. The first-order valence-electron chi connectivity index (χ1n) is 10.2. The second kappa shape index (κ2) is 7.90. The molecule has 2 aromatic rings. The van der Waals surface area contributed by atoms with Gasteiger partial charge in [0.1, 0.15) is 0 Å². The minimum absolute atomic E-state index is 0.0277. The Labute approximate surface area is 178 Å². The van der Waals surface area contributed by atoms with Gasteiger partial charge in [-0.25, -0.2) is 0 Å². The van der Waals surface area contributed by atoms with E-state index in [-0.39, 0.29) is 24.6 Å². The Kier molecular flexibility index (Phi) is 5.41. The summed E-state index contributed by atoms with van der Waals surface area (Å²) in [6, 6.07) is 9.66. The van der Waals surface area contributed by atoms with Gasteiger partial charge in [0.25, 0.3) is 0 Å². The maximum absolute atomic E-state index is 13.5. The summed E-state index contributed by atoms with van der Waals surface area (Å²) in [6.45, 7) is 0.153. The minimum atomic E-state index is -4.61. The number of amides is 2. The van der Waals surface area contributed by atoms with Crippen molar-refractivity contribution in [2.75, 3.05) is 35.8 Å². The number of benzene rings is 2. The number of fused-ring (bicyclic) bond motifs is 1. The molecule has 0 spiro atoms. The highest BCUT2D eigenvalue weighted by Crippen LogP contribution is 2.38.